The van der Waals surface area contributed by atoms with E-state index in [-0.39, 0.29) is 0 Å². The lowest BCUT2D eigenvalue weighted by atomic mass is 9.88. The van der Waals surface area contributed by atoms with Crippen molar-refractivity contribution in [3.8, 4) is 11.1 Å². The second-order valence-electron chi connectivity index (χ2n) is 7.44. The van der Waals surface area contributed by atoms with Gasteiger partial charge in [-0.25, -0.2) is 0 Å². The van der Waals surface area contributed by atoms with Crippen LogP contribution in [0.1, 0.15) is 34.7 Å². The summed E-state index contributed by atoms with van der Waals surface area (Å²) in [6, 6.07) is 37.2. The molecular formula is C28H22. The van der Waals surface area contributed by atoms with Crippen molar-refractivity contribution in [2.24, 2.45) is 0 Å². The van der Waals surface area contributed by atoms with Gasteiger partial charge in [0.05, 0.1) is 0 Å². The molecule has 0 nitrogen and oxygen atoms in total. The highest BCUT2D eigenvalue weighted by atomic mass is 14.2. The minimum absolute atomic E-state index is 1.04. The van der Waals surface area contributed by atoms with Crippen molar-refractivity contribution < 1.29 is 0 Å². The van der Waals surface area contributed by atoms with E-state index >= 15 is 0 Å². The monoisotopic (exact) mass is 358 g/mol. The Labute approximate surface area is 166 Å². The Morgan fingerprint density at radius 2 is 1.14 bits per heavy atom. The predicted molar refractivity (Wildman–Crippen MR) is 119 cm³/mol. The molecule has 4 aromatic carbocycles. The third kappa shape index (κ3) is 2.88. The van der Waals surface area contributed by atoms with Crippen LogP contribution in [0.5, 0.6) is 0 Å². The molecular weight excluding hydrogens is 336 g/mol. The molecule has 5 rings (SSSR count). The van der Waals surface area contributed by atoms with E-state index in [0.717, 1.165) is 6.42 Å². The van der Waals surface area contributed by atoms with Gasteiger partial charge in [-0.3, -0.25) is 0 Å². The SMILES string of the molecule is C/C(=C(/c1ccccc1)c1ccc2c(c1)-c1ccccc1C2)c1ccccc1. The fourth-order valence-electron chi connectivity index (χ4n) is 4.32. The Morgan fingerprint density at radius 3 is 1.89 bits per heavy atom. The van der Waals surface area contributed by atoms with E-state index in [1.807, 2.05) is 0 Å². The third-order valence-corrected chi connectivity index (χ3v) is 5.73. The number of hydrogen-bond acceptors (Lipinski definition) is 0. The molecule has 134 valence electrons. The number of benzene rings is 4. The van der Waals surface area contributed by atoms with E-state index in [2.05, 4.69) is 110 Å². The Balaban J connectivity index is 1.73. The van der Waals surface area contributed by atoms with Crippen LogP contribution in [0, 0.1) is 0 Å². The fraction of sp³-hybridized carbons (Fsp3) is 0.0714. The molecule has 0 heteroatoms. The van der Waals surface area contributed by atoms with Crippen LogP contribution in [0.25, 0.3) is 22.3 Å². The van der Waals surface area contributed by atoms with Crippen LogP contribution in [0.4, 0.5) is 0 Å². The molecule has 4 aromatic rings. The van der Waals surface area contributed by atoms with Crippen LogP contribution in [0.2, 0.25) is 0 Å². The van der Waals surface area contributed by atoms with Gasteiger partial charge >= 0.3 is 0 Å². The normalized spacial score (nSPS) is 12.9. The topological polar surface area (TPSA) is 0 Å². The summed E-state index contributed by atoms with van der Waals surface area (Å²) in [5.74, 6) is 0. The summed E-state index contributed by atoms with van der Waals surface area (Å²) >= 11 is 0. The van der Waals surface area contributed by atoms with Crippen molar-refractivity contribution >= 4 is 11.1 Å². The highest BCUT2D eigenvalue weighted by Gasteiger charge is 2.19. The minimum Gasteiger partial charge on any atom is -0.0622 e. The van der Waals surface area contributed by atoms with Gasteiger partial charge < -0.3 is 0 Å². The van der Waals surface area contributed by atoms with Gasteiger partial charge in [-0.15, -0.1) is 0 Å². The van der Waals surface area contributed by atoms with Crippen molar-refractivity contribution in [2.75, 3.05) is 0 Å². The molecule has 1 aliphatic carbocycles. The lowest BCUT2D eigenvalue weighted by molar-refractivity contribution is 1.26. The van der Waals surface area contributed by atoms with Crippen molar-refractivity contribution in [3.63, 3.8) is 0 Å². The average molecular weight is 358 g/mol. The van der Waals surface area contributed by atoms with E-state index in [1.54, 1.807) is 0 Å². The summed E-state index contributed by atoms with van der Waals surface area (Å²) in [6.07, 6.45) is 1.04. The number of allylic oxidation sites excluding steroid dienone is 1. The lowest BCUT2D eigenvalue weighted by Crippen LogP contribution is -1.94. The maximum atomic E-state index is 2.38. The van der Waals surface area contributed by atoms with E-state index in [0.29, 0.717) is 0 Å². The van der Waals surface area contributed by atoms with E-state index in [1.165, 1.54) is 50.1 Å². The highest BCUT2D eigenvalue weighted by molar-refractivity contribution is 5.99. The zero-order chi connectivity index (χ0) is 18.9. The molecule has 0 radical (unpaired) electrons. The Morgan fingerprint density at radius 1 is 0.536 bits per heavy atom. The van der Waals surface area contributed by atoms with E-state index < -0.39 is 0 Å². The Bertz CT molecular complexity index is 1170. The molecule has 0 bridgehead atoms. The van der Waals surface area contributed by atoms with Gasteiger partial charge in [0.1, 0.15) is 0 Å². The molecule has 0 aliphatic heterocycles. The summed E-state index contributed by atoms with van der Waals surface area (Å²) in [6.45, 7) is 2.23. The van der Waals surface area contributed by atoms with Gasteiger partial charge in [0.2, 0.25) is 0 Å². The molecule has 0 amide bonds. The van der Waals surface area contributed by atoms with Gasteiger partial charge in [-0.1, -0.05) is 97.1 Å². The quantitative estimate of drug-likeness (QED) is 0.298. The molecule has 0 fully saturated rings. The Hall–Kier alpha value is -3.38. The molecule has 28 heavy (non-hydrogen) atoms. The van der Waals surface area contributed by atoms with Crippen LogP contribution in [-0.2, 0) is 6.42 Å². The molecule has 0 aromatic heterocycles. The second-order valence-corrected chi connectivity index (χ2v) is 7.44. The van der Waals surface area contributed by atoms with Gasteiger partial charge in [-0.2, -0.15) is 0 Å². The average Bonchev–Trinajstić information content (AvgIpc) is 3.13. The number of fused-ring (bicyclic) bond motifs is 3. The molecule has 0 spiro atoms. The summed E-state index contributed by atoms with van der Waals surface area (Å²) in [7, 11) is 0. The van der Waals surface area contributed by atoms with Crippen LogP contribution in [-0.4, -0.2) is 0 Å². The van der Waals surface area contributed by atoms with Crippen LogP contribution in [0.3, 0.4) is 0 Å². The zero-order valence-electron chi connectivity index (χ0n) is 16.0. The maximum absolute atomic E-state index is 2.38. The van der Waals surface area contributed by atoms with Crippen LogP contribution < -0.4 is 0 Å². The van der Waals surface area contributed by atoms with Crippen molar-refractivity contribution in [1.82, 2.24) is 0 Å². The first-order valence-corrected chi connectivity index (χ1v) is 9.84. The first kappa shape index (κ1) is 16.8. The molecule has 0 saturated heterocycles. The second kappa shape index (κ2) is 6.98. The lowest BCUT2D eigenvalue weighted by Gasteiger charge is -2.15. The van der Waals surface area contributed by atoms with E-state index in [9.17, 15) is 0 Å². The van der Waals surface area contributed by atoms with Crippen molar-refractivity contribution in [3.05, 3.63) is 131 Å². The molecule has 0 saturated carbocycles. The molecule has 0 heterocycles. The van der Waals surface area contributed by atoms with E-state index in [4.69, 9.17) is 0 Å². The van der Waals surface area contributed by atoms with Gasteiger partial charge in [-0.05, 0) is 69.5 Å². The number of rotatable bonds is 3. The van der Waals surface area contributed by atoms with Gasteiger partial charge in [0.15, 0.2) is 0 Å². The fourth-order valence-corrected chi connectivity index (χ4v) is 4.32. The molecule has 0 atom stereocenters. The summed E-state index contributed by atoms with van der Waals surface area (Å²) in [5, 5.41) is 0. The van der Waals surface area contributed by atoms with Crippen LogP contribution in [0.15, 0.2) is 103 Å². The Kier molecular flexibility index (Phi) is 4.18. The maximum Gasteiger partial charge on any atom is -0.00134 e. The zero-order valence-corrected chi connectivity index (χ0v) is 16.0. The predicted octanol–water partition coefficient (Wildman–Crippen LogP) is 7.24. The largest absolute Gasteiger partial charge is 0.0622 e. The summed E-state index contributed by atoms with van der Waals surface area (Å²) in [4.78, 5) is 0. The van der Waals surface area contributed by atoms with Crippen molar-refractivity contribution in [1.29, 1.82) is 0 Å². The minimum atomic E-state index is 1.04. The standard InChI is InChI=1S/C28H22/c1-20(21-10-4-2-5-11-21)28(22-12-6-3-7-13-22)25-17-16-24-18-23-14-8-9-15-26(23)27(24)19-25/h2-17,19H,18H2,1H3/b28-20+. The summed E-state index contributed by atoms with van der Waals surface area (Å²) < 4.78 is 0. The first-order chi connectivity index (χ1) is 13.8. The van der Waals surface area contributed by atoms with Crippen LogP contribution >= 0.6 is 0 Å². The molecule has 0 N–H and O–H groups in total. The van der Waals surface area contributed by atoms with Crippen molar-refractivity contribution in [2.45, 2.75) is 13.3 Å². The highest BCUT2D eigenvalue weighted by Crippen LogP contribution is 2.40. The summed E-state index contributed by atoms with van der Waals surface area (Å²) in [5.41, 5.74) is 12.0. The number of hydrogen-bond donors (Lipinski definition) is 0. The smallest absolute Gasteiger partial charge is 0.00134 e. The van der Waals surface area contributed by atoms with Gasteiger partial charge in [0, 0.05) is 0 Å². The third-order valence-electron chi connectivity index (χ3n) is 5.73. The van der Waals surface area contributed by atoms with Gasteiger partial charge in [0.25, 0.3) is 0 Å². The molecule has 1 aliphatic rings. The first-order valence-electron chi connectivity index (χ1n) is 9.84. The molecule has 0 unspecified atom stereocenters.